The van der Waals surface area contributed by atoms with Crippen LogP contribution in [0.5, 0.6) is 0 Å². The lowest BCUT2D eigenvalue weighted by Crippen LogP contribution is -2.21. The maximum atomic E-state index is 13.1. The number of fused-ring (bicyclic) bond motifs is 1. The molecule has 1 heterocycles. The summed E-state index contributed by atoms with van der Waals surface area (Å²) in [6.07, 6.45) is 0. The molecule has 0 spiro atoms. The molecule has 0 radical (unpaired) electrons. The molecule has 2 amide bonds. The number of carbonyl (C=O) groups excluding carboxylic acids is 2. The molecule has 0 saturated heterocycles. The molecule has 1 atom stereocenters. The quantitative estimate of drug-likeness (QED) is 0.572. The van der Waals surface area contributed by atoms with Crippen LogP contribution < -0.4 is 10.6 Å². The van der Waals surface area contributed by atoms with Crippen LogP contribution in [0, 0.1) is 0 Å². The van der Waals surface area contributed by atoms with Gasteiger partial charge < -0.3 is 10.6 Å². The fraction of sp³-hybridized carbons (Fsp3) is 0.0909. The highest BCUT2D eigenvalue weighted by Gasteiger charge is 2.23. The first-order valence-corrected chi connectivity index (χ1v) is 10.7. The first-order chi connectivity index (χ1) is 13.7. The average Bonchev–Trinajstić information content (AvgIpc) is 2.73. The van der Waals surface area contributed by atoms with Gasteiger partial charge in [-0.3, -0.25) is 9.59 Å². The first-order valence-electron chi connectivity index (χ1n) is 8.83. The van der Waals surface area contributed by atoms with Crippen molar-refractivity contribution in [2.75, 3.05) is 16.4 Å². The highest BCUT2D eigenvalue weighted by Crippen LogP contribution is 2.37. The zero-order valence-electron chi connectivity index (χ0n) is 14.9. The van der Waals surface area contributed by atoms with E-state index in [1.165, 1.54) is 23.5 Å². The maximum absolute atomic E-state index is 13.1. The molecule has 0 aliphatic carbocycles. The number of carbonyl (C=O) groups is 2. The predicted molar refractivity (Wildman–Crippen MR) is 116 cm³/mol. The summed E-state index contributed by atoms with van der Waals surface area (Å²) >= 11 is 3.01. The summed E-state index contributed by atoms with van der Waals surface area (Å²) in [6, 6.07) is 25.2. The van der Waals surface area contributed by atoms with Gasteiger partial charge in [-0.1, -0.05) is 48.5 Å². The van der Waals surface area contributed by atoms with Crippen molar-refractivity contribution >= 4 is 46.7 Å². The predicted octanol–water partition coefficient (Wildman–Crippen LogP) is 5.20. The molecular formula is C22H18N2O2S2. The lowest BCUT2D eigenvalue weighted by atomic mass is 10.1. The summed E-state index contributed by atoms with van der Waals surface area (Å²) in [7, 11) is 0. The minimum absolute atomic E-state index is 0.0252. The Bertz CT molecular complexity index is 994. The van der Waals surface area contributed by atoms with E-state index in [1.54, 1.807) is 0 Å². The second-order valence-corrected chi connectivity index (χ2v) is 8.45. The van der Waals surface area contributed by atoms with E-state index < -0.39 is 0 Å². The Morgan fingerprint density at radius 1 is 1.00 bits per heavy atom. The van der Waals surface area contributed by atoms with Crippen molar-refractivity contribution in [3.05, 3.63) is 84.4 Å². The molecule has 3 aromatic carbocycles. The van der Waals surface area contributed by atoms with Gasteiger partial charge in [0, 0.05) is 15.5 Å². The lowest BCUT2D eigenvalue weighted by Gasteiger charge is -2.19. The molecule has 0 saturated carbocycles. The second-order valence-electron chi connectivity index (χ2n) is 6.26. The Morgan fingerprint density at radius 3 is 2.46 bits per heavy atom. The fourth-order valence-electron chi connectivity index (χ4n) is 2.90. The highest BCUT2D eigenvalue weighted by molar-refractivity contribution is 8.00. The molecule has 2 N–H and O–H groups in total. The third kappa shape index (κ3) is 4.40. The third-order valence-electron chi connectivity index (χ3n) is 4.22. The molecule has 140 valence electrons. The van der Waals surface area contributed by atoms with Crippen LogP contribution >= 0.6 is 23.5 Å². The van der Waals surface area contributed by atoms with Gasteiger partial charge in [0.25, 0.3) is 0 Å². The van der Waals surface area contributed by atoms with Crippen LogP contribution in [-0.4, -0.2) is 17.6 Å². The number of thioether (sulfide) groups is 2. The summed E-state index contributed by atoms with van der Waals surface area (Å²) in [4.78, 5) is 26.8. The number of hydrogen-bond donors (Lipinski definition) is 2. The van der Waals surface area contributed by atoms with E-state index >= 15 is 0 Å². The van der Waals surface area contributed by atoms with Crippen molar-refractivity contribution in [3.8, 4) is 0 Å². The molecule has 4 rings (SSSR count). The van der Waals surface area contributed by atoms with Crippen LogP contribution in [0.2, 0.25) is 0 Å². The normalized spacial score (nSPS) is 13.9. The van der Waals surface area contributed by atoms with E-state index in [0.717, 1.165) is 21.0 Å². The first kappa shape index (κ1) is 18.7. The number of rotatable bonds is 5. The Hall–Kier alpha value is -2.70. The van der Waals surface area contributed by atoms with Gasteiger partial charge in [-0.05, 0) is 35.9 Å². The number of nitrogens with one attached hydrogen (secondary N) is 2. The second kappa shape index (κ2) is 8.54. The van der Waals surface area contributed by atoms with Gasteiger partial charge in [0.1, 0.15) is 5.25 Å². The van der Waals surface area contributed by atoms with Crippen LogP contribution in [0.3, 0.4) is 0 Å². The monoisotopic (exact) mass is 406 g/mol. The number of amides is 2. The average molecular weight is 407 g/mol. The fourth-order valence-corrected chi connectivity index (χ4v) is 4.74. The van der Waals surface area contributed by atoms with Gasteiger partial charge in [-0.15, -0.1) is 23.5 Å². The number of hydrogen-bond acceptors (Lipinski definition) is 4. The molecule has 3 aromatic rings. The molecule has 0 fully saturated rings. The van der Waals surface area contributed by atoms with E-state index in [2.05, 4.69) is 10.6 Å². The van der Waals surface area contributed by atoms with Gasteiger partial charge in [0.05, 0.1) is 11.4 Å². The van der Waals surface area contributed by atoms with Crippen molar-refractivity contribution in [1.82, 2.24) is 0 Å². The molecule has 0 bridgehead atoms. The van der Waals surface area contributed by atoms with E-state index in [0.29, 0.717) is 11.4 Å². The number of benzene rings is 3. The standard InChI is InChI=1S/C22H18N2O2S2/c25-20-14-27-19-12-11-16(13-18(19)24-20)23-22(26)21(15-7-3-1-4-8-15)28-17-9-5-2-6-10-17/h1-13,21H,14H2,(H,23,26)(H,24,25). The van der Waals surface area contributed by atoms with E-state index in [-0.39, 0.29) is 17.1 Å². The molecule has 6 heteroatoms. The summed E-state index contributed by atoms with van der Waals surface area (Å²) in [5.41, 5.74) is 2.35. The van der Waals surface area contributed by atoms with Gasteiger partial charge >= 0.3 is 0 Å². The summed E-state index contributed by atoms with van der Waals surface area (Å²) in [6.45, 7) is 0. The highest BCUT2D eigenvalue weighted by atomic mass is 32.2. The number of anilines is 2. The van der Waals surface area contributed by atoms with Gasteiger partial charge in [0.2, 0.25) is 11.8 Å². The van der Waals surface area contributed by atoms with E-state index in [4.69, 9.17) is 0 Å². The van der Waals surface area contributed by atoms with E-state index in [1.807, 2.05) is 78.9 Å². The molecule has 1 unspecified atom stereocenters. The minimum Gasteiger partial charge on any atom is -0.325 e. The van der Waals surface area contributed by atoms with Crippen molar-refractivity contribution in [2.45, 2.75) is 15.0 Å². The van der Waals surface area contributed by atoms with Crippen LogP contribution in [-0.2, 0) is 9.59 Å². The Kier molecular flexibility index (Phi) is 5.69. The zero-order valence-corrected chi connectivity index (χ0v) is 16.6. The van der Waals surface area contributed by atoms with Crippen LogP contribution in [0.1, 0.15) is 10.8 Å². The van der Waals surface area contributed by atoms with Crippen LogP contribution in [0.4, 0.5) is 11.4 Å². The molecular weight excluding hydrogens is 388 g/mol. The molecule has 1 aliphatic heterocycles. The zero-order chi connectivity index (χ0) is 19.3. The minimum atomic E-state index is -0.386. The molecule has 28 heavy (non-hydrogen) atoms. The van der Waals surface area contributed by atoms with Crippen molar-refractivity contribution in [2.24, 2.45) is 0 Å². The summed E-state index contributed by atoms with van der Waals surface area (Å²) < 4.78 is 0. The SMILES string of the molecule is O=C1CSc2ccc(NC(=O)C(Sc3ccccc3)c3ccccc3)cc2N1. The molecule has 4 nitrogen and oxygen atoms in total. The Balaban J connectivity index is 1.57. The third-order valence-corrected chi connectivity index (χ3v) is 6.56. The van der Waals surface area contributed by atoms with Crippen molar-refractivity contribution in [3.63, 3.8) is 0 Å². The smallest absolute Gasteiger partial charge is 0.242 e. The van der Waals surface area contributed by atoms with Gasteiger partial charge in [0.15, 0.2) is 0 Å². The topological polar surface area (TPSA) is 58.2 Å². The van der Waals surface area contributed by atoms with Crippen molar-refractivity contribution in [1.29, 1.82) is 0 Å². The van der Waals surface area contributed by atoms with Crippen LogP contribution in [0.15, 0.2) is 88.7 Å². The Morgan fingerprint density at radius 2 is 1.71 bits per heavy atom. The molecule has 1 aliphatic rings. The maximum Gasteiger partial charge on any atom is 0.242 e. The van der Waals surface area contributed by atoms with Crippen molar-refractivity contribution < 1.29 is 9.59 Å². The Labute approximate surface area is 172 Å². The lowest BCUT2D eigenvalue weighted by molar-refractivity contribution is -0.116. The summed E-state index contributed by atoms with van der Waals surface area (Å²) in [5.74, 6) is 0.292. The van der Waals surface area contributed by atoms with Crippen LogP contribution in [0.25, 0.3) is 0 Å². The van der Waals surface area contributed by atoms with E-state index in [9.17, 15) is 9.59 Å². The summed E-state index contributed by atoms with van der Waals surface area (Å²) in [5, 5.41) is 5.48. The van der Waals surface area contributed by atoms with Gasteiger partial charge in [-0.2, -0.15) is 0 Å². The van der Waals surface area contributed by atoms with Gasteiger partial charge in [-0.25, -0.2) is 0 Å². The largest absolute Gasteiger partial charge is 0.325 e. The molecule has 0 aromatic heterocycles.